The fraction of sp³-hybridized carbons (Fsp3) is 0.667. The quantitative estimate of drug-likeness (QED) is 0.909. The van der Waals surface area contributed by atoms with Crippen LogP contribution in [0.4, 0.5) is 0 Å². The summed E-state index contributed by atoms with van der Waals surface area (Å²) in [6.07, 6.45) is 2.43. The number of aromatic carboxylic acids is 1. The van der Waals surface area contributed by atoms with Crippen molar-refractivity contribution < 1.29 is 9.90 Å². The summed E-state index contributed by atoms with van der Waals surface area (Å²) in [4.78, 5) is 13.6. The Morgan fingerprint density at radius 3 is 2.47 bits per heavy atom. The van der Waals surface area contributed by atoms with E-state index in [2.05, 4.69) is 16.4 Å². The molecule has 0 atom stereocenters. The standard InChI is InChI=1S/C15H24N2O2/c1-4-16-7-5-13(6-8-16)10-17-11(2)9-14(12(17)3)15(18)19/h9,13H,4-8,10H2,1-3H3,(H,18,19). The van der Waals surface area contributed by atoms with Crippen LogP contribution in [-0.4, -0.2) is 40.2 Å². The van der Waals surface area contributed by atoms with Crippen molar-refractivity contribution in [3.05, 3.63) is 23.0 Å². The minimum atomic E-state index is -0.819. The van der Waals surface area contributed by atoms with Gasteiger partial charge in [0.1, 0.15) is 0 Å². The van der Waals surface area contributed by atoms with E-state index in [1.807, 2.05) is 13.8 Å². The second kappa shape index (κ2) is 5.78. The number of piperidine rings is 1. The van der Waals surface area contributed by atoms with Crippen LogP contribution in [0.2, 0.25) is 0 Å². The van der Waals surface area contributed by atoms with Gasteiger partial charge in [-0.2, -0.15) is 0 Å². The molecule has 0 aliphatic carbocycles. The fourth-order valence-electron chi connectivity index (χ4n) is 3.04. The molecule has 0 spiro atoms. The van der Waals surface area contributed by atoms with Crippen LogP contribution < -0.4 is 0 Å². The van der Waals surface area contributed by atoms with Gasteiger partial charge in [0.2, 0.25) is 0 Å². The fourth-order valence-corrected chi connectivity index (χ4v) is 3.04. The van der Waals surface area contributed by atoms with Crippen LogP contribution in [0.25, 0.3) is 0 Å². The summed E-state index contributed by atoms with van der Waals surface area (Å²) in [7, 11) is 0. The van der Waals surface area contributed by atoms with Crippen LogP contribution in [0.15, 0.2) is 6.07 Å². The van der Waals surface area contributed by atoms with Gasteiger partial charge in [0.15, 0.2) is 0 Å². The Kier molecular flexibility index (Phi) is 4.30. The molecule has 2 heterocycles. The molecule has 0 aromatic carbocycles. The van der Waals surface area contributed by atoms with E-state index in [9.17, 15) is 4.79 Å². The first-order chi connectivity index (χ1) is 9.02. The van der Waals surface area contributed by atoms with E-state index in [-0.39, 0.29) is 0 Å². The van der Waals surface area contributed by atoms with Crippen LogP contribution >= 0.6 is 0 Å². The third-order valence-electron chi connectivity index (χ3n) is 4.40. The summed E-state index contributed by atoms with van der Waals surface area (Å²) in [5, 5.41) is 9.16. The number of aryl methyl sites for hydroxylation is 1. The van der Waals surface area contributed by atoms with Crippen molar-refractivity contribution in [2.45, 2.75) is 40.2 Å². The summed E-state index contributed by atoms with van der Waals surface area (Å²) >= 11 is 0. The zero-order valence-corrected chi connectivity index (χ0v) is 12.1. The maximum absolute atomic E-state index is 11.1. The van der Waals surface area contributed by atoms with Gasteiger partial charge in [-0.1, -0.05) is 6.92 Å². The predicted molar refractivity (Wildman–Crippen MR) is 75.7 cm³/mol. The van der Waals surface area contributed by atoms with Gasteiger partial charge < -0.3 is 14.6 Å². The first kappa shape index (κ1) is 14.1. The third kappa shape index (κ3) is 3.00. The molecule has 1 aromatic rings. The highest BCUT2D eigenvalue weighted by Crippen LogP contribution is 2.23. The van der Waals surface area contributed by atoms with Crippen molar-refractivity contribution in [3.63, 3.8) is 0 Å². The number of nitrogens with zero attached hydrogens (tertiary/aromatic N) is 2. The Morgan fingerprint density at radius 2 is 2.00 bits per heavy atom. The Hall–Kier alpha value is -1.29. The number of likely N-dealkylation sites (tertiary alicyclic amines) is 1. The van der Waals surface area contributed by atoms with Crippen LogP contribution in [0, 0.1) is 19.8 Å². The Bertz CT molecular complexity index is 457. The first-order valence-electron chi connectivity index (χ1n) is 7.15. The van der Waals surface area contributed by atoms with Gasteiger partial charge in [-0.05, 0) is 58.3 Å². The molecular weight excluding hydrogens is 240 g/mol. The molecule has 1 aliphatic heterocycles. The Morgan fingerprint density at radius 1 is 1.37 bits per heavy atom. The molecule has 0 saturated carbocycles. The molecule has 1 saturated heterocycles. The molecule has 0 amide bonds. The Balaban J connectivity index is 2.06. The van der Waals surface area contributed by atoms with E-state index in [4.69, 9.17) is 5.11 Å². The first-order valence-corrected chi connectivity index (χ1v) is 7.15. The molecule has 0 unspecified atom stereocenters. The molecule has 4 nitrogen and oxygen atoms in total. The smallest absolute Gasteiger partial charge is 0.337 e. The molecule has 0 bridgehead atoms. The van der Waals surface area contributed by atoms with Gasteiger partial charge >= 0.3 is 5.97 Å². The van der Waals surface area contributed by atoms with Crippen molar-refractivity contribution >= 4 is 5.97 Å². The third-order valence-corrected chi connectivity index (χ3v) is 4.40. The maximum Gasteiger partial charge on any atom is 0.337 e. The highest BCUT2D eigenvalue weighted by molar-refractivity contribution is 5.89. The molecule has 0 radical (unpaired) electrons. The Labute approximate surface area is 115 Å². The molecule has 19 heavy (non-hydrogen) atoms. The van der Waals surface area contributed by atoms with Gasteiger partial charge in [-0.15, -0.1) is 0 Å². The van der Waals surface area contributed by atoms with Crippen LogP contribution in [-0.2, 0) is 6.54 Å². The second-order valence-electron chi connectivity index (χ2n) is 5.58. The summed E-state index contributed by atoms with van der Waals surface area (Å²) in [6, 6.07) is 1.79. The molecule has 1 aliphatic rings. The maximum atomic E-state index is 11.1. The lowest BCUT2D eigenvalue weighted by atomic mass is 9.96. The van der Waals surface area contributed by atoms with E-state index in [1.54, 1.807) is 6.07 Å². The van der Waals surface area contributed by atoms with Crippen molar-refractivity contribution in [2.24, 2.45) is 5.92 Å². The molecule has 2 rings (SSSR count). The average molecular weight is 264 g/mol. The van der Waals surface area contributed by atoms with Gasteiger partial charge in [0.05, 0.1) is 5.56 Å². The zero-order valence-electron chi connectivity index (χ0n) is 12.1. The van der Waals surface area contributed by atoms with Crippen LogP contribution in [0.1, 0.15) is 41.5 Å². The topological polar surface area (TPSA) is 45.5 Å². The molecule has 1 aromatic heterocycles. The van der Waals surface area contributed by atoms with Gasteiger partial charge in [-0.25, -0.2) is 4.79 Å². The highest BCUT2D eigenvalue weighted by atomic mass is 16.4. The van der Waals surface area contributed by atoms with Gasteiger partial charge in [0.25, 0.3) is 0 Å². The molecular formula is C15H24N2O2. The SMILES string of the molecule is CCN1CCC(Cn2c(C)cc(C(=O)O)c2C)CC1. The molecule has 1 fully saturated rings. The predicted octanol–water partition coefficient (Wildman–Crippen LogP) is 2.54. The highest BCUT2D eigenvalue weighted by Gasteiger charge is 2.21. The summed E-state index contributed by atoms with van der Waals surface area (Å²) in [5.74, 6) is -0.144. The number of rotatable bonds is 4. The molecule has 4 heteroatoms. The van der Waals surface area contributed by atoms with Crippen molar-refractivity contribution in [2.75, 3.05) is 19.6 Å². The van der Waals surface area contributed by atoms with E-state index in [0.29, 0.717) is 11.5 Å². The van der Waals surface area contributed by atoms with Gasteiger partial charge in [-0.3, -0.25) is 0 Å². The number of aromatic nitrogens is 1. The van der Waals surface area contributed by atoms with E-state index in [1.165, 1.54) is 25.9 Å². The second-order valence-corrected chi connectivity index (χ2v) is 5.58. The number of hydrogen-bond donors (Lipinski definition) is 1. The number of carbonyl (C=O) groups is 1. The lowest BCUT2D eigenvalue weighted by molar-refractivity contribution is 0.0696. The number of carboxylic acid groups (broad SMARTS) is 1. The van der Waals surface area contributed by atoms with Gasteiger partial charge in [0, 0.05) is 17.9 Å². The van der Waals surface area contributed by atoms with Crippen molar-refractivity contribution in [3.8, 4) is 0 Å². The summed E-state index contributed by atoms with van der Waals surface area (Å²) in [5.41, 5.74) is 2.40. The molecule has 106 valence electrons. The van der Waals surface area contributed by atoms with Crippen LogP contribution in [0.3, 0.4) is 0 Å². The van der Waals surface area contributed by atoms with E-state index < -0.39 is 5.97 Å². The van der Waals surface area contributed by atoms with E-state index >= 15 is 0 Å². The van der Waals surface area contributed by atoms with Crippen molar-refractivity contribution in [1.29, 1.82) is 0 Å². The zero-order chi connectivity index (χ0) is 14.0. The average Bonchev–Trinajstić information content (AvgIpc) is 2.68. The minimum absolute atomic E-state index is 0.448. The minimum Gasteiger partial charge on any atom is -0.478 e. The monoisotopic (exact) mass is 264 g/mol. The lowest BCUT2D eigenvalue weighted by Crippen LogP contribution is -2.34. The summed E-state index contributed by atoms with van der Waals surface area (Å²) in [6.45, 7) is 10.6. The molecule has 1 N–H and O–H groups in total. The summed E-state index contributed by atoms with van der Waals surface area (Å²) < 4.78 is 2.18. The van der Waals surface area contributed by atoms with Crippen molar-refractivity contribution in [1.82, 2.24) is 9.47 Å². The number of hydrogen-bond acceptors (Lipinski definition) is 2. The normalized spacial score (nSPS) is 17.8. The van der Waals surface area contributed by atoms with E-state index in [0.717, 1.165) is 24.5 Å². The number of carboxylic acids is 1. The van der Waals surface area contributed by atoms with Crippen LogP contribution in [0.5, 0.6) is 0 Å². The lowest BCUT2D eigenvalue weighted by Gasteiger charge is -2.31. The largest absolute Gasteiger partial charge is 0.478 e.